The zero-order valence-electron chi connectivity index (χ0n) is 18.2. The fourth-order valence-corrected chi connectivity index (χ4v) is 5.73. The van der Waals surface area contributed by atoms with E-state index in [1.165, 1.54) is 24.2 Å². The molecule has 166 valence electrons. The summed E-state index contributed by atoms with van der Waals surface area (Å²) in [5.41, 5.74) is 1.34. The van der Waals surface area contributed by atoms with E-state index in [2.05, 4.69) is 28.8 Å². The monoisotopic (exact) mass is 449 g/mol. The average Bonchev–Trinajstić information content (AvgIpc) is 3.29. The third kappa shape index (κ3) is 4.18. The first-order valence-electron chi connectivity index (χ1n) is 11.2. The van der Waals surface area contributed by atoms with Crippen molar-refractivity contribution in [3.05, 3.63) is 51.9 Å². The van der Waals surface area contributed by atoms with Crippen LogP contribution < -0.4 is 10.3 Å². The summed E-state index contributed by atoms with van der Waals surface area (Å²) < 4.78 is 8.44. The summed E-state index contributed by atoms with van der Waals surface area (Å²) in [4.78, 5) is 20.8. The van der Waals surface area contributed by atoms with Crippen molar-refractivity contribution in [1.82, 2.24) is 14.5 Å². The van der Waals surface area contributed by atoms with Crippen molar-refractivity contribution in [3.8, 4) is 23.3 Å². The lowest BCUT2D eigenvalue weighted by molar-refractivity contribution is 0.0662. The van der Waals surface area contributed by atoms with Crippen molar-refractivity contribution < 1.29 is 9.84 Å². The summed E-state index contributed by atoms with van der Waals surface area (Å²) in [5, 5.41) is 8.86. The van der Waals surface area contributed by atoms with Crippen molar-refractivity contribution in [1.29, 1.82) is 0 Å². The second kappa shape index (κ2) is 9.07. The Bertz CT molecular complexity index is 1210. The first-order chi connectivity index (χ1) is 15.6. The van der Waals surface area contributed by atoms with Gasteiger partial charge in [0.05, 0.1) is 16.1 Å². The van der Waals surface area contributed by atoms with Gasteiger partial charge in [-0.1, -0.05) is 11.8 Å². The first kappa shape index (κ1) is 21.2. The van der Waals surface area contributed by atoms with Crippen LogP contribution in [0.25, 0.3) is 15.9 Å². The van der Waals surface area contributed by atoms with Crippen LogP contribution in [0.5, 0.6) is 5.75 Å². The van der Waals surface area contributed by atoms with Gasteiger partial charge in [-0.05, 0) is 69.5 Å². The van der Waals surface area contributed by atoms with Crippen LogP contribution in [0.4, 0.5) is 0 Å². The van der Waals surface area contributed by atoms with Gasteiger partial charge in [0.1, 0.15) is 22.9 Å². The van der Waals surface area contributed by atoms with Gasteiger partial charge in [-0.15, -0.1) is 11.3 Å². The first-order valence-corrected chi connectivity index (χ1v) is 12.0. The molecule has 32 heavy (non-hydrogen) atoms. The number of aliphatic hydroxyl groups is 1. The molecule has 2 bridgehead atoms. The molecule has 2 aliphatic heterocycles. The fraction of sp³-hybridized carbons (Fsp3) is 0.440. The van der Waals surface area contributed by atoms with Crippen LogP contribution in [0.15, 0.2) is 41.5 Å². The minimum absolute atomic E-state index is 0.0935. The molecule has 5 rings (SSSR count). The van der Waals surface area contributed by atoms with E-state index in [0.29, 0.717) is 35.1 Å². The summed E-state index contributed by atoms with van der Waals surface area (Å²) in [6.07, 6.45) is 7.84. The minimum Gasteiger partial charge on any atom is -0.490 e. The number of unbranched alkanes of at least 4 members (excludes halogenated alkanes) is 1. The molecule has 1 unspecified atom stereocenters. The van der Waals surface area contributed by atoms with E-state index < -0.39 is 0 Å². The van der Waals surface area contributed by atoms with Gasteiger partial charge in [0.2, 0.25) is 0 Å². The zero-order chi connectivity index (χ0) is 22.1. The fourth-order valence-electron chi connectivity index (χ4n) is 4.81. The standard InChI is InChI=1S/C25H27N3O3S/c1-27-18-6-7-19(27)14-21(13-18)31-20-10-8-17(9-11-20)28-16-26-23-15-22(5-3-2-4-12-29)32-24(23)25(28)30/h8-11,15-16,18-19,21,29H,2,4,6-7,12-14H2,1H3/t18-,19+,21?. The number of fused-ring (bicyclic) bond motifs is 3. The third-order valence-corrected chi connectivity index (χ3v) is 7.61. The van der Waals surface area contributed by atoms with Crippen molar-refractivity contribution in [2.75, 3.05) is 13.7 Å². The normalized spacial score (nSPS) is 22.6. The number of aliphatic hydroxyl groups excluding tert-OH is 1. The van der Waals surface area contributed by atoms with E-state index in [4.69, 9.17) is 9.84 Å². The molecule has 1 aromatic carbocycles. The van der Waals surface area contributed by atoms with Crippen LogP contribution in [0.2, 0.25) is 0 Å². The molecule has 4 heterocycles. The minimum atomic E-state index is -0.0935. The SMILES string of the molecule is CN1[C@@H]2CC[C@H]1CC(Oc1ccc(-n3cnc4cc(C#CCCCO)sc4c3=O)cc1)C2. The molecule has 0 amide bonds. The maximum atomic E-state index is 13.0. The van der Waals surface area contributed by atoms with Crippen LogP contribution in [0, 0.1) is 11.8 Å². The number of rotatable bonds is 5. The predicted molar refractivity (Wildman–Crippen MR) is 127 cm³/mol. The predicted octanol–water partition coefficient (Wildman–Crippen LogP) is 3.58. The number of nitrogens with zero attached hydrogens (tertiary/aromatic N) is 3. The van der Waals surface area contributed by atoms with E-state index in [1.54, 1.807) is 10.9 Å². The number of benzene rings is 1. The van der Waals surface area contributed by atoms with Crippen LogP contribution in [-0.2, 0) is 0 Å². The van der Waals surface area contributed by atoms with Gasteiger partial charge >= 0.3 is 0 Å². The highest BCUT2D eigenvalue weighted by Crippen LogP contribution is 2.36. The summed E-state index contributed by atoms with van der Waals surface area (Å²) >= 11 is 1.36. The van der Waals surface area contributed by atoms with E-state index in [9.17, 15) is 4.79 Å². The number of thiophene rings is 1. The van der Waals surface area contributed by atoms with Gasteiger partial charge in [0.25, 0.3) is 5.56 Å². The Morgan fingerprint density at radius 3 is 2.69 bits per heavy atom. The molecule has 2 aliphatic rings. The van der Waals surface area contributed by atoms with Crippen LogP contribution in [0.1, 0.15) is 43.4 Å². The molecule has 0 spiro atoms. The van der Waals surface area contributed by atoms with Gasteiger partial charge in [-0.2, -0.15) is 0 Å². The molecule has 7 heteroatoms. The molecule has 3 atom stereocenters. The lowest BCUT2D eigenvalue weighted by Crippen LogP contribution is -2.43. The summed E-state index contributed by atoms with van der Waals surface area (Å²) in [7, 11) is 2.23. The lowest BCUT2D eigenvalue weighted by Gasteiger charge is -2.36. The van der Waals surface area contributed by atoms with E-state index >= 15 is 0 Å². The molecule has 6 nitrogen and oxygen atoms in total. The van der Waals surface area contributed by atoms with E-state index in [-0.39, 0.29) is 18.3 Å². The quantitative estimate of drug-likeness (QED) is 0.476. The van der Waals surface area contributed by atoms with Gasteiger partial charge in [-0.25, -0.2) is 4.98 Å². The van der Waals surface area contributed by atoms with Gasteiger partial charge in [0, 0.05) is 25.1 Å². The van der Waals surface area contributed by atoms with Gasteiger partial charge < -0.3 is 14.7 Å². The van der Waals surface area contributed by atoms with Gasteiger partial charge in [-0.3, -0.25) is 9.36 Å². The number of hydrogen-bond acceptors (Lipinski definition) is 6. The topological polar surface area (TPSA) is 67.6 Å². The second-order valence-corrected chi connectivity index (χ2v) is 9.68. The Labute approximate surface area is 191 Å². The molecule has 2 aromatic heterocycles. The Hall–Kier alpha value is -2.66. The summed E-state index contributed by atoms with van der Waals surface area (Å²) in [6.45, 7) is 0.135. The van der Waals surface area contributed by atoms with Gasteiger partial charge in [0.15, 0.2) is 0 Å². The third-order valence-electron chi connectivity index (χ3n) is 6.58. The number of piperidine rings is 1. The Kier molecular flexibility index (Phi) is 6.01. The molecule has 0 radical (unpaired) electrons. The van der Waals surface area contributed by atoms with Crippen LogP contribution in [-0.4, -0.2) is 51.4 Å². The van der Waals surface area contributed by atoms with Crippen molar-refractivity contribution in [2.24, 2.45) is 0 Å². The highest BCUT2D eigenvalue weighted by Gasteiger charge is 2.39. The molecule has 3 aromatic rings. The second-order valence-electron chi connectivity index (χ2n) is 8.63. The largest absolute Gasteiger partial charge is 0.490 e. The van der Waals surface area contributed by atoms with E-state index in [1.807, 2.05) is 30.3 Å². The molecule has 0 saturated carbocycles. The number of ether oxygens (including phenoxy) is 1. The Morgan fingerprint density at radius 1 is 1.22 bits per heavy atom. The molecule has 0 aliphatic carbocycles. The molecular weight excluding hydrogens is 422 g/mol. The Morgan fingerprint density at radius 2 is 1.97 bits per heavy atom. The Balaban J connectivity index is 1.32. The smallest absolute Gasteiger partial charge is 0.275 e. The molecule has 1 N–H and O–H groups in total. The molecule has 2 saturated heterocycles. The lowest BCUT2D eigenvalue weighted by atomic mass is 10.0. The number of aromatic nitrogens is 2. The van der Waals surface area contributed by atoms with E-state index in [0.717, 1.165) is 29.2 Å². The van der Waals surface area contributed by atoms with Crippen LogP contribution >= 0.6 is 11.3 Å². The highest BCUT2D eigenvalue weighted by molar-refractivity contribution is 7.19. The molecule has 2 fully saturated rings. The summed E-state index contributed by atoms with van der Waals surface area (Å²) in [5.74, 6) is 6.94. The van der Waals surface area contributed by atoms with Crippen molar-refractivity contribution in [2.45, 2.75) is 56.7 Å². The van der Waals surface area contributed by atoms with Crippen molar-refractivity contribution >= 4 is 21.6 Å². The van der Waals surface area contributed by atoms with Crippen molar-refractivity contribution in [3.63, 3.8) is 0 Å². The summed E-state index contributed by atoms with van der Waals surface area (Å²) in [6, 6.07) is 10.9. The average molecular weight is 450 g/mol. The van der Waals surface area contributed by atoms with Crippen LogP contribution in [0.3, 0.4) is 0 Å². The zero-order valence-corrected chi connectivity index (χ0v) is 19.0. The molecular formula is C25H27N3O3S. The maximum Gasteiger partial charge on any atom is 0.275 e. The highest BCUT2D eigenvalue weighted by atomic mass is 32.1. The number of hydrogen-bond donors (Lipinski definition) is 1. The maximum absolute atomic E-state index is 13.0.